The molecule has 2 rings (SSSR count). The second-order valence-corrected chi connectivity index (χ2v) is 7.57. The van der Waals surface area contributed by atoms with Gasteiger partial charge in [0.1, 0.15) is 0 Å². The molecular weight excluding hydrogens is 302 g/mol. The van der Waals surface area contributed by atoms with Crippen molar-refractivity contribution in [3.8, 4) is 0 Å². The van der Waals surface area contributed by atoms with Crippen LogP contribution in [0.5, 0.6) is 0 Å². The summed E-state index contributed by atoms with van der Waals surface area (Å²) in [5.41, 5.74) is -0.611. The first kappa shape index (κ1) is 15.3. The Morgan fingerprint density at radius 3 is 2.60 bits per heavy atom. The molecule has 1 aliphatic rings. The molecule has 1 amide bonds. The molecule has 0 aromatic heterocycles. The lowest BCUT2D eigenvalue weighted by Gasteiger charge is -2.36. The third-order valence-corrected chi connectivity index (χ3v) is 5.03. The van der Waals surface area contributed by atoms with Gasteiger partial charge in [0.25, 0.3) is 5.91 Å². The molecule has 0 unspecified atom stereocenters. The lowest BCUT2D eigenvalue weighted by atomic mass is 9.80. The van der Waals surface area contributed by atoms with E-state index >= 15 is 0 Å². The number of aliphatic hydroxyl groups is 1. The summed E-state index contributed by atoms with van der Waals surface area (Å²) in [6, 6.07) is 4.08. The summed E-state index contributed by atoms with van der Waals surface area (Å²) in [6.45, 7) is 0.169. The van der Waals surface area contributed by atoms with Crippen molar-refractivity contribution in [1.29, 1.82) is 0 Å². The van der Waals surface area contributed by atoms with Crippen molar-refractivity contribution < 1.29 is 18.3 Å². The van der Waals surface area contributed by atoms with Gasteiger partial charge < -0.3 is 10.4 Å². The van der Waals surface area contributed by atoms with Gasteiger partial charge in [-0.1, -0.05) is 11.6 Å². The quantitative estimate of drug-likeness (QED) is 0.879. The summed E-state index contributed by atoms with van der Waals surface area (Å²) < 4.78 is 23.1. The van der Waals surface area contributed by atoms with Gasteiger partial charge in [0.05, 0.1) is 15.5 Å². The Morgan fingerprint density at radius 2 is 2.10 bits per heavy atom. The fourth-order valence-electron chi connectivity index (χ4n) is 2.04. The molecule has 0 aliphatic heterocycles. The summed E-state index contributed by atoms with van der Waals surface area (Å²) >= 11 is 5.82. The molecule has 1 aliphatic carbocycles. The van der Waals surface area contributed by atoms with Gasteiger partial charge in [0.2, 0.25) is 0 Å². The Balaban J connectivity index is 2.14. The van der Waals surface area contributed by atoms with Crippen LogP contribution < -0.4 is 5.32 Å². The maximum Gasteiger partial charge on any atom is 0.251 e. The average molecular weight is 318 g/mol. The van der Waals surface area contributed by atoms with Crippen LogP contribution in [0.1, 0.15) is 29.6 Å². The summed E-state index contributed by atoms with van der Waals surface area (Å²) in [5.74, 6) is -0.424. The molecule has 2 N–H and O–H groups in total. The summed E-state index contributed by atoms with van der Waals surface area (Å²) in [6.07, 6.45) is 3.32. The number of carbonyl (C=O) groups excluding carboxylic acids is 1. The monoisotopic (exact) mass is 317 g/mol. The molecule has 0 saturated heterocycles. The van der Waals surface area contributed by atoms with Gasteiger partial charge in [-0.05, 0) is 37.5 Å². The van der Waals surface area contributed by atoms with Crippen LogP contribution in [0.3, 0.4) is 0 Å². The van der Waals surface area contributed by atoms with Crippen LogP contribution in [-0.2, 0) is 9.84 Å². The van der Waals surface area contributed by atoms with Gasteiger partial charge >= 0.3 is 0 Å². The first-order valence-electron chi connectivity index (χ1n) is 6.21. The highest BCUT2D eigenvalue weighted by Gasteiger charge is 2.34. The number of halogens is 1. The highest BCUT2D eigenvalue weighted by Crippen LogP contribution is 2.30. The van der Waals surface area contributed by atoms with Crippen LogP contribution in [-0.4, -0.2) is 37.8 Å². The van der Waals surface area contributed by atoms with E-state index in [2.05, 4.69) is 5.32 Å². The Hall–Kier alpha value is -1.11. The Bertz CT molecular complexity index is 638. The Labute approximate surface area is 122 Å². The van der Waals surface area contributed by atoms with Gasteiger partial charge in [0.15, 0.2) is 9.84 Å². The summed E-state index contributed by atoms with van der Waals surface area (Å²) in [5, 5.41) is 12.6. The molecule has 7 heteroatoms. The van der Waals surface area contributed by atoms with E-state index in [1.54, 1.807) is 0 Å². The van der Waals surface area contributed by atoms with Gasteiger partial charge in [0, 0.05) is 18.4 Å². The molecule has 20 heavy (non-hydrogen) atoms. The molecule has 1 saturated carbocycles. The molecule has 1 aromatic carbocycles. The minimum atomic E-state index is -3.49. The van der Waals surface area contributed by atoms with E-state index in [1.807, 2.05) is 0 Å². The van der Waals surface area contributed by atoms with Crippen molar-refractivity contribution in [3.05, 3.63) is 28.8 Å². The first-order valence-corrected chi connectivity index (χ1v) is 8.48. The number of hydrogen-bond donors (Lipinski definition) is 2. The fourth-order valence-corrected chi connectivity index (χ4v) is 3.34. The van der Waals surface area contributed by atoms with Crippen molar-refractivity contribution in [2.24, 2.45) is 0 Å². The number of sulfone groups is 1. The van der Waals surface area contributed by atoms with Gasteiger partial charge in [-0.3, -0.25) is 4.79 Å². The Kier molecular flexibility index (Phi) is 4.09. The average Bonchev–Trinajstić information content (AvgIpc) is 2.32. The maximum atomic E-state index is 12.0. The second-order valence-electron chi connectivity index (χ2n) is 5.18. The number of carbonyl (C=O) groups is 1. The topological polar surface area (TPSA) is 83.5 Å². The van der Waals surface area contributed by atoms with Crippen LogP contribution >= 0.6 is 11.6 Å². The van der Waals surface area contributed by atoms with Crippen molar-refractivity contribution in [2.75, 3.05) is 12.8 Å². The molecule has 0 spiro atoms. The standard InChI is InChI=1S/C13H16ClNO4S/c1-20(18,19)11-7-9(3-4-10(11)14)12(16)15-8-13(17)5-2-6-13/h3-4,7,17H,2,5-6,8H2,1H3,(H,15,16). The minimum Gasteiger partial charge on any atom is -0.388 e. The lowest BCUT2D eigenvalue weighted by molar-refractivity contribution is -0.0300. The number of benzene rings is 1. The molecule has 1 aromatic rings. The summed E-state index contributed by atoms with van der Waals surface area (Å²) in [7, 11) is -3.49. The highest BCUT2D eigenvalue weighted by atomic mass is 35.5. The molecule has 0 bridgehead atoms. The predicted octanol–water partition coefficient (Wildman–Crippen LogP) is 1.39. The smallest absolute Gasteiger partial charge is 0.251 e. The van der Waals surface area contributed by atoms with E-state index in [1.165, 1.54) is 18.2 Å². The number of rotatable bonds is 4. The van der Waals surface area contributed by atoms with Gasteiger partial charge in [-0.2, -0.15) is 0 Å². The minimum absolute atomic E-state index is 0.0748. The highest BCUT2D eigenvalue weighted by molar-refractivity contribution is 7.90. The second kappa shape index (κ2) is 5.35. The molecule has 110 valence electrons. The van der Waals surface area contributed by atoms with E-state index in [-0.39, 0.29) is 22.0 Å². The molecule has 0 heterocycles. The zero-order chi connectivity index (χ0) is 15.0. The maximum absolute atomic E-state index is 12.0. The Morgan fingerprint density at radius 1 is 1.45 bits per heavy atom. The van der Waals surface area contributed by atoms with E-state index in [0.29, 0.717) is 12.8 Å². The first-order chi connectivity index (χ1) is 9.21. The molecular formula is C13H16ClNO4S. The zero-order valence-electron chi connectivity index (χ0n) is 11.0. The van der Waals surface area contributed by atoms with E-state index < -0.39 is 21.3 Å². The van der Waals surface area contributed by atoms with Crippen LogP contribution in [0.4, 0.5) is 0 Å². The number of nitrogens with one attached hydrogen (secondary N) is 1. The zero-order valence-corrected chi connectivity index (χ0v) is 12.6. The fraction of sp³-hybridized carbons (Fsp3) is 0.462. The third kappa shape index (κ3) is 3.31. The van der Waals surface area contributed by atoms with Gasteiger partial charge in [-0.25, -0.2) is 8.42 Å². The van der Waals surface area contributed by atoms with Crippen LogP contribution in [0.2, 0.25) is 5.02 Å². The molecule has 1 fully saturated rings. The van der Waals surface area contributed by atoms with Crippen molar-refractivity contribution >= 4 is 27.3 Å². The summed E-state index contributed by atoms with van der Waals surface area (Å²) in [4.78, 5) is 11.9. The van der Waals surface area contributed by atoms with E-state index in [4.69, 9.17) is 11.6 Å². The predicted molar refractivity (Wildman–Crippen MR) is 75.7 cm³/mol. The van der Waals surface area contributed by atoms with Crippen molar-refractivity contribution in [1.82, 2.24) is 5.32 Å². The van der Waals surface area contributed by atoms with Crippen LogP contribution in [0, 0.1) is 0 Å². The lowest BCUT2D eigenvalue weighted by Crippen LogP contribution is -2.47. The van der Waals surface area contributed by atoms with E-state index in [0.717, 1.165) is 12.7 Å². The normalized spacial score (nSPS) is 17.4. The largest absolute Gasteiger partial charge is 0.388 e. The van der Waals surface area contributed by atoms with Crippen LogP contribution in [0.25, 0.3) is 0 Å². The number of hydrogen-bond acceptors (Lipinski definition) is 4. The number of amides is 1. The van der Waals surface area contributed by atoms with Crippen molar-refractivity contribution in [2.45, 2.75) is 29.8 Å². The van der Waals surface area contributed by atoms with Gasteiger partial charge in [-0.15, -0.1) is 0 Å². The molecule has 0 atom stereocenters. The van der Waals surface area contributed by atoms with Crippen molar-refractivity contribution in [3.63, 3.8) is 0 Å². The molecule has 5 nitrogen and oxygen atoms in total. The van der Waals surface area contributed by atoms with E-state index in [9.17, 15) is 18.3 Å². The molecule has 0 radical (unpaired) electrons. The third-order valence-electron chi connectivity index (χ3n) is 3.46. The SMILES string of the molecule is CS(=O)(=O)c1cc(C(=O)NCC2(O)CCC2)ccc1Cl. The van der Waals surface area contributed by atoms with Crippen LogP contribution in [0.15, 0.2) is 23.1 Å².